The molecule has 6 nitrogen and oxygen atoms in total. The van der Waals surface area contributed by atoms with Gasteiger partial charge in [-0.15, -0.1) is 0 Å². The number of nitrogens with zero attached hydrogens (tertiary/aromatic N) is 2. The van der Waals surface area contributed by atoms with Gasteiger partial charge in [-0.3, -0.25) is 9.59 Å². The van der Waals surface area contributed by atoms with Crippen LogP contribution in [0.3, 0.4) is 0 Å². The number of amides is 1. The Morgan fingerprint density at radius 2 is 1.83 bits per heavy atom. The van der Waals surface area contributed by atoms with Crippen molar-refractivity contribution in [2.24, 2.45) is 0 Å². The summed E-state index contributed by atoms with van der Waals surface area (Å²) in [5.74, 6) is 1.12. The molecule has 0 saturated carbocycles. The highest BCUT2D eigenvalue weighted by Gasteiger charge is 2.29. The summed E-state index contributed by atoms with van der Waals surface area (Å²) in [5.41, 5.74) is 2.02. The van der Waals surface area contributed by atoms with Crippen LogP contribution in [0.1, 0.15) is 24.6 Å². The number of ether oxygens (including phenoxy) is 1. The predicted octanol–water partition coefficient (Wildman–Crippen LogP) is 3.18. The molecule has 1 atom stereocenters. The summed E-state index contributed by atoms with van der Waals surface area (Å²) in [4.78, 5) is 34.9. The van der Waals surface area contributed by atoms with E-state index in [1.165, 1.54) is 0 Å². The number of aromatic nitrogens is 2. The average molecular weight is 389 g/mol. The van der Waals surface area contributed by atoms with Crippen molar-refractivity contribution in [2.45, 2.75) is 32.4 Å². The summed E-state index contributed by atoms with van der Waals surface area (Å²) < 4.78 is 5.90. The Balaban J connectivity index is 1.56. The first-order valence-corrected chi connectivity index (χ1v) is 9.83. The first-order valence-electron chi connectivity index (χ1n) is 9.83. The molecule has 4 rings (SSSR count). The van der Waals surface area contributed by atoms with E-state index < -0.39 is 6.10 Å². The van der Waals surface area contributed by atoms with Crippen molar-refractivity contribution in [1.82, 2.24) is 14.9 Å². The highest BCUT2D eigenvalue weighted by Crippen LogP contribution is 2.21. The van der Waals surface area contributed by atoms with Crippen molar-refractivity contribution in [2.75, 3.05) is 6.54 Å². The lowest BCUT2D eigenvalue weighted by Crippen LogP contribution is -2.45. The van der Waals surface area contributed by atoms with E-state index in [0.717, 1.165) is 5.56 Å². The number of carbonyl (C=O) groups is 1. The highest BCUT2D eigenvalue weighted by molar-refractivity contribution is 5.81. The zero-order valence-corrected chi connectivity index (χ0v) is 16.3. The summed E-state index contributed by atoms with van der Waals surface area (Å²) in [7, 11) is 0. The van der Waals surface area contributed by atoms with E-state index >= 15 is 0 Å². The van der Waals surface area contributed by atoms with Crippen molar-refractivity contribution >= 4 is 5.91 Å². The fourth-order valence-electron chi connectivity index (χ4n) is 3.54. The van der Waals surface area contributed by atoms with Gasteiger partial charge in [0.15, 0.2) is 6.10 Å². The van der Waals surface area contributed by atoms with Gasteiger partial charge in [0.05, 0.1) is 12.2 Å². The number of nitrogens with one attached hydrogen (secondary N) is 1. The second-order valence-corrected chi connectivity index (χ2v) is 7.04. The molecular formula is C23H23N3O3. The largest absolute Gasteiger partial charge is 0.481 e. The molecule has 0 bridgehead atoms. The molecule has 1 aromatic heterocycles. The highest BCUT2D eigenvalue weighted by atomic mass is 16.5. The molecule has 29 heavy (non-hydrogen) atoms. The molecule has 2 heterocycles. The van der Waals surface area contributed by atoms with Crippen molar-refractivity contribution in [3.63, 3.8) is 0 Å². The van der Waals surface area contributed by atoms with Crippen LogP contribution in [-0.4, -0.2) is 33.4 Å². The number of para-hydroxylation sites is 1. The predicted molar refractivity (Wildman–Crippen MR) is 111 cm³/mol. The third kappa shape index (κ3) is 4.06. The number of fused-ring (bicyclic) bond motifs is 1. The second kappa shape index (κ2) is 8.31. The summed E-state index contributed by atoms with van der Waals surface area (Å²) in [6, 6.07) is 18.9. The maximum Gasteiger partial charge on any atom is 0.263 e. The minimum atomic E-state index is -0.561. The average Bonchev–Trinajstić information content (AvgIpc) is 2.78. The maximum atomic E-state index is 13.1. The van der Waals surface area contributed by atoms with Crippen LogP contribution < -0.4 is 10.3 Å². The van der Waals surface area contributed by atoms with Gasteiger partial charge in [-0.1, -0.05) is 55.5 Å². The first-order chi connectivity index (χ1) is 14.2. The molecule has 3 aromatic rings. The van der Waals surface area contributed by atoms with Gasteiger partial charge >= 0.3 is 0 Å². The fraction of sp³-hybridized carbons (Fsp3) is 0.261. The quantitative estimate of drug-likeness (QED) is 0.727. The third-order valence-corrected chi connectivity index (χ3v) is 5.10. The molecule has 1 N–H and O–H groups in total. The zero-order chi connectivity index (χ0) is 20.2. The molecule has 1 aliphatic heterocycles. The van der Waals surface area contributed by atoms with Crippen LogP contribution in [0, 0.1) is 0 Å². The second-order valence-electron chi connectivity index (χ2n) is 7.04. The summed E-state index contributed by atoms with van der Waals surface area (Å²) >= 11 is 0. The van der Waals surface area contributed by atoms with E-state index in [0.29, 0.717) is 48.8 Å². The summed E-state index contributed by atoms with van der Waals surface area (Å²) in [6.07, 6.45) is 0.490. The van der Waals surface area contributed by atoms with E-state index in [9.17, 15) is 9.59 Å². The number of carbonyl (C=O) groups excluding carboxylic acids is 1. The molecule has 0 saturated heterocycles. The number of hydrogen-bond acceptors (Lipinski definition) is 4. The Morgan fingerprint density at radius 3 is 2.52 bits per heavy atom. The van der Waals surface area contributed by atoms with Gasteiger partial charge in [-0.05, 0) is 25.0 Å². The Labute approximate surface area is 169 Å². The maximum absolute atomic E-state index is 13.1. The van der Waals surface area contributed by atoms with E-state index in [1.807, 2.05) is 67.6 Å². The minimum absolute atomic E-state index is 0.0784. The number of H-pyrrole nitrogens is 1. The van der Waals surface area contributed by atoms with Crippen LogP contribution in [0.15, 0.2) is 65.5 Å². The van der Waals surface area contributed by atoms with Gasteiger partial charge in [0.25, 0.3) is 11.5 Å². The van der Waals surface area contributed by atoms with Gasteiger partial charge in [0.1, 0.15) is 11.6 Å². The molecule has 6 heteroatoms. The number of benzene rings is 2. The minimum Gasteiger partial charge on any atom is -0.481 e. The summed E-state index contributed by atoms with van der Waals surface area (Å²) in [5, 5.41) is 0. The number of hydrogen-bond donors (Lipinski definition) is 1. The van der Waals surface area contributed by atoms with Crippen LogP contribution >= 0.6 is 0 Å². The van der Waals surface area contributed by atoms with Crippen molar-refractivity contribution in [3.05, 3.63) is 82.3 Å². The Hall–Kier alpha value is -3.41. The molecule has 148 valence electrons. The van der Waals surface area contributed by atoms with Crippen LogP contribution in [0.2, 0.25) is 0 Å². The topological polar surface area (TPSA) is 75.3 Å². The van der Waals surface area contributed by atoms with Gasteiger partial charge < -0.3 is 14.6 Å². The van der Waals surface area contributed by atoms with Crippen molar-refractivity contribution in [1.29, 1.82) is 0 Å². The molecule has 2 aromatic carbocycles. The van der Waals surface area contributed by atoms with E-state index in [4.69, 9.17) is 4.74 Å². The molecule has 0 spiro atoms. The third-order valence-electron chi connectivity index (χ3n) is 5.10. The van der Waals surface area contributed by atoms with Gasteiger partial charge in [0, 0.05) is 17.7 Å². The Bertz CT molecular complexity index is 1050. The van der Waals surface area contributed by atoms with Crippen molar-refractivity contribution in [3.8, 4) is 17.1 Å². The number of rotatable bonds is 5. The molecule has 0 fully saturated rings. The monoisotopic (exact) mass is 389 g/mol. The van der Waals surface area contributed by atoms with E-state index in [-0.39, 0.29) is 11.5 Å². The SMILES string of the molecule is CC[C@H](Oc1ccccc1)C(=O)N1CCc2c(nc(-c3ccccc3)[nH]c2=O)C1. The smallest absolute Gasteiger partial charge is 0.263 e. The van der Waals surface area contributed by atoms with Crippen LogP contribution in [0.4, 0.5) is 0 Å². The van der Waals surface area contributed by atoms with Crippen LogP contribution in [0.5, 0.6) is 5.75 Å². The van der Waals surface area contributed by atoms with Crippen LogP contribution in [-0.2, 0) is 17.8 Å². The number of aromatic amines is 1. The summed E-state index contributed by atoms with van der Waals surface area (Å²) in [6.45, 7) is 2.72. The van der Waals surface area contributed by atoms with E-state index in [1.54, 1.807) is 4.90 Å². The molecule has 1 amide bonds. The normalized spacial score (nSPS) is 14.2. The van der Waals surface area contributed by atoms with Crippen LogP contribution in [0.25, 0.3) is 11.4 Å². The molecule has 0 radical (unpaired) electrons. The van der Waals surface area contributed by atoms with E-state index in [2.05, 4.69) is 9.97 Å². The van der Waals surface area contributed by atoms with Crippen molar-refractivity contribution < 1.29 is 9.53 Å². The molecule has 0 unspecified atom stereocenters. The zero-order valence-electron chi connectivity index (χ0n) is 16.3. The Kier molecular flexibility index (Phi) is 5.42. The first kappa shape index (κ1) is 18.9. The Morgan fingerprint density at radius 1 is 1.14 bits per heavy atom. The molecular weight excluding hydrogens is 366 g/mol. The fourth-order valence-corrected chi connectivity index (χ4v) is 3.54. The van der Waals surface area contributed by atoms with Gasteiger partial charge in [-0.25, -0.2) is 4.98 Å². The lowest BCUT2D eigenvalue weighted by atomic mass is 10.0. The molecule has 0 aliphatic carbocycles. The lowest BCUT2D eigenvalue weighted by Gasteiger charge is -2.31. The lowest BCUT2D eigenvalue weighted by molar-refractivity contribution is -0.139. The van der Waals surface area contributed by atoms with Gasteiger partial charge in [-0.2, -0.15) is 0 Å². The van der Waals surface area contributed by atoms with Gasteiger partial charge in [0.2, 0.25) is 0 Å². The molecule has 1 aliphatic rings. The standard InChI is InChI=1S/C23H23N3O3/c1-2-20(29-17-11-7-4-8-12-17)23(28)26-14-13-18-19(15-26)24-21(25-22(18)27)16-9-5-3-6-10-16/h3-12,20H,2,13-15H2,1H3,(H,24,25,27)/t20-/m0/s1.